The highest BCUT2D eigenvalue weighted by molar-refractivity contribution is 7.91. The van der Waals surface area contributed by atoms with E-state index in [1.165, 1.54) is 7.11 Å². The second-order valence-electron chi connectivity index (χ2n) is 5.37. The molecule has 0 N–H and O–H groups in total. The summed E-state index contributed by atoms with van der Waals surface area (Å²) < 4.78 is 35.0. The van der Waals surface area contributed by atoms with E-state index in [1.807, 2.05) is 6.92 Å². The summed E-state index contributed by atoms with van der Waals surface area (Å²) in [4.78, 5) is 13.7. The Morgan fingerprint density at radius 3 is 2.82 bits per heavy atom. The molecule has 122 valence electrons. The molecule has 0 saturated carbocycles. The highest BCUT2D eigenvalue weighted by atomic mass is 32.2. The van der Waals surface area contributed by atoms with Crippen molar-refractivity contribution in [3.8, 4) is 5.75 Å². The number of carbonyl (C=O) groups excluding carboxylic acids is 1. The zero-order chi connectivity index (χ0) is 16.2. The first-order valence-corrected chi connectivity index (χ1v) is 8.95. The van der Waals surface area contributed by atoms with Crippen molar-refractivity contribution in [2.24, 2.45) is 0 Å². The van der Waals surface area contributed by atoms with Gasteiger partial charge in [0.15, 0.2) is 9.84 Å². The van der Waals surface area contributed by atoms with Crippen LogP contribution in [0.5, 0.6) is 5.75 Å². The van der Waals surface area contributed by atoms with Gasteiger partial charge in [0.05, 0.1) is 25.6 Å². The average Bonchev–Trinajstić information content (AvgIpc) is 2.47. The molecule has 1 aromatic carbocycles. The number of hydrogen-bond acceptors (Lipinski definition) is 5. The lowest BCUT2D eigenvalue weighted by Crippen LogP contribution is -2.46. The van der Waals surface area contributed by atoms with Crippen LogP contribution in [0.1, 0.15) is 12.5 Å². The van der Waals surface area contributed by atoms with Gasteiger partial charge in [-0.25, -0.2) is 8.42 Å². The van der Waals surface area contributed by atoms with Gasteiger partial charge in [0, 0.05) is 18.7 Å². The topological polar surface area (TPSA) is 72.9 Å². The van der Waals surface area contributed by atoms with E-state index in [0.29, 0.717) is 31.0 Å². The van der Waals surface area contributed by atoms with Gasteiger partial charge < -0.3 is 14.4 Å². The van der Waals surface area contributed by atoms with Crippen molar-refractivity contribution in [3.05, 3.63) is 29.8 Å². The van der Waals surface area contributed by atoms with Gasteiger partial charge in [-0.3, -0.25) is 4.79 Å². The average molecular weight is 327 g/mol. The van der Waals surface area contributed by atoms with Gasteiger partial charge in [-0.2, -0.15) is 0 Å². The van der Waals surface area contributed by atoms with Crippen LogP contribution in [0.15, 0.2) is 24.3 Å². The molecule has 0 radical (unpaired) electrons. The fourth-order valence-corrected chi connectivity index (χ4v) is 3.81. The van der Waals surface area contributed by atoms with E-state index in [4.69, 9.17) is 9.47 Å². The Morgan fingerprint density at radius 1 is 1.41 bits per heavy atom. The van der Waals surface area contributed by atoms with Crippen molar-refractivity contribution in [1.29, 1.82) is 0 Å². The molecule has 1 heterocycles. The summed E-state index contributed by atoms with van der Waals surface area (Å²) in [5.41, 5.74) is 0.563. The highest BCUT2D eigenvalue weighted by Crippen LogP contribution is 2.20. The lowest BCUT2D eigenvalue weighted by atomic mass is 10.2. The summed E-state index contributed by atoms with van der Waals surface area (Å²) >= 11 is 0. The fourth-order valence-electron chi connectivity index (χ4n) is 2.43. The number of hydrogen-bond donors (Lipinski definition) is 0. The van der Waals surface area contributed by atoms with Crippen LogP contribution in [0.4, 0.5) is 0 Å². The fraction of sp³-hybridized carbons (Fsp3) is 0.533. The lowest BCUT2D eigenvalue weighted by molar-refractivity contribution is -0.135. The van der Waals surface area contributed by atoms with Crippen molar-refractivity contribution in [2.75, 3.05) is 32.6 Å². The van der Waals surface area contributed by atoms with Crippen molar-refractivity contribution >= 4 is 15.7 Å². The smallest absolute Gasteiger partial charge is 0.237 e. The summed E-state index contributed by atoms with van der Waals surface area (Å²) in [6.45, 7) is 3.18. The third-order valence-corrected chi connectivity index (χ3v) is 4.94. The zero-order valence-corrected chi connectivity index (χ0v) is 13.6. The predicted molar refractivity (Wildman–Crippen MR) is 82.5 cm³/mol. The van der Waals surface area contributed by atoms with Gasteiger partial charge in [0.1, 0.15) is 11.5 Å². The van der Waals surface area contributed by atoms with E-state index in [-0.39, 0.29) is 17.8 Å². The van der Waals surface area contributed by atoms with Crippen LogP contribution in [0.2, 0.25) is 0 Å². The maximum Gasteiger partial charge on any atom is 0.237 e. The second-order valence-corrected chi connectivity index (χ2v) is 7.43. The van der Waals surface area contributed by atoms with Gasteiger partial charge in [0.25, 0.3) is 0 Å². The minimum atomic E-state index is -3.55. The number of para-hydroxylation sites is 1. The van der Waals surface area contributed by atoms with Crippen LogP contribution in [0.3, 0.4) is 0 Å². The number of morpholine rings is 1. The first kappa shape index (κ1) is 16.8. The molecule has 1 aromatic rings. The third kappa shape index (κ3) is 4.45. The Labute approximate surface area is 130 Å². The minimum absolute atomic E-state index is 0.0605. The van der Waals surface area contributed by atoms with Gasteiger partial charge in [0.2, 0.25) is 5.91 Å². The monoisotopic (exact) mass is 327 g/mol. The SMILES string of the molecule is COc1ccccc1CS(=O)(=O)CC(=O)N1CCO[C@H](C)C1. The number of carbonyl (C=O) groups is 1. The number of nitrogens with zero attached hydrogens (tertiary/aromatic N) is 1. The van der Waals surface area contributed by atoms with Crippen LogP contribution in [0, 0.1) is 0 Å². The van der Waals surface area contributed by atoms with Crippen LogP contribution in [0.25, 0.3) is 0 Å². The molecule has 0 bridgehead atoms. The van der Waals surface area contributed by atoms with E-state index in [9.17, 15) is 13.2 Å². The zero-order valence-electron chi connectivity index (χ0n) is 12.8. The standard InChI is InChI=1S/C15H21NO5S/c1-12-9-16(7-8-21-12)15(17)11-22(18,19)10-13-5-3-4-6-14(13)20-2/h3-6,12H,7-11H2,1-2H3/t12-/m1/s1. The number of ether oxygens (including phenoxy) is 2. The number of amides is 1. The van der Waals surface area contributed by atoms with E-state index in [2.05, 4.69) is 0 Å². The summed E-state index contributed by atoms with van der Waals surface area (Å²) in [6.07, 6.45) is -0.0605. The molecular formula is C15H21NO5S. The third-order valence-electron chi connectivity index (χ3n) is 3.51. The molecule has 1 atom stereocenters. The van der Waals surface area contributed by atoms with Crippen molar-refractivity contribution < 1.29 is 22.7 Å². The predicted octanol–water partition coefficient (Wildman–Crippen LogP) is 0.857. The Bertz CT molecular complexity index is 629. The van der Waals surface area contributed by atoms with Crippen LogP contribution in [-0.2, 0) is 25.1 Å². The Morgan fingerprint density at radius 2 is 2.14 bits per heavy atom. The normalized spacial score (nSPS) is 19.0. The molecule has 22 heavy (non-hydrogen) atoms. The molecule has 1 fully saturated rings. The largest absolute Gasteiger partial charge is 0.496 e. The maximum atomic E-state index is 12.3. The Kier molecular flexibility index (Phi) is 5.42. The summed E-state index contributed by atoms with van der Waals surface area (Å²) in [5, 5.41) is 0. The van der Waals surface area contributed by atoms with Gasteiger partial charge in [-0.15, -0.1) is 0 Å². The molecule has 2 rings (SSSR count). The van der Waals surface area contributed by atoms with Crippen LogP contribution >= 0.6 is 0 Å². The molecule has 6 nitrogen and oxygen atoms in total. The van der Waals surface area contributed by atoms with Gasteiger partial charge >= 0.3 is 0 Å². The van der Waals surface area contributed by atoms with E-state index in [1.54, 1.807) is 29.2 Å². The van der Waals surface area contributed by atoms with E-state index < -0.39 is 15.6 Å². The number of rotatable bonds is 5. The number of sulfone groups is 1. The molecule has 1 amide bonds. The summed E-state index contributed by atoms with van der Waals surface area (Å²) in [6, 6.07) is 6.92. The van der Waals surface area contributed by atoms with Gasteiger partial charge in [-0.1, -0.05) is 18.2 Å². The molecule has 1 aliphatic heterocycles. The summed E-state index contributed by atoms with van der Waals surface area (Å²) in [7, 11) is -2.05. The van der Waals surface area contributed by atoms with Crippen molar-refractivity contribution in [1.82, 2.24) is 4.90 Å². The molecular weight excluding hydrogens is 306 g/mol. The molecule has 0 aliphatic carbocycles. The molecule has 0 aromatic heterocycles. The van der Waals surface area contributed by atoms with Crippen molar-refractivity contribution in [2.45, 2.75) is 18.8 Å². The van der Waals surface area contributed by atoms with E-state index >= 15 is 0 Å². The quantitative estimate of drug-likeness (QED) is 0.802. The Hall–Kier alpha value is -1.60. The molecule has 7 heteroatoms. The molecule has 0 unspecified atom stereocenters. The van der Waals surface area contributed by atoms with Crippen molar-refractivity contribution in [3.63, 3.8) is 0 Å². The van der Waals surface area contributed by atoms with E-state index in [0.717, 1.165) is 0 Å². The maximum absolute atomic E-state index is 12.3. The van der Waals surface area contributed by atoms with Crippen LogP contribution in [-0.4, -0.2) is 57.9 Å². The number of methoxy groups -OCH3 is 1. The lowest BCUT2D eigenvalue weighted by Gasteiger charge is -2.31. The second kappa shape index (κ2) is 7.11. The number of benzene rings is 1. The van der Waals surface area contributed by atoms with Gasteiger partial charge in [-0.05, 0) is 13.0 Å². The molecule has 1 saturated heterocycles. The molecule has 0 spiro atoms. The first-order chi connectivity index (χ1) is 10.4. The first-order valence-electron chi connectivity index (χ1n) is 7.13. The minimum Gasteiger partial charge on any atom is -0.496 e. The molecule has 1 aliphatic rings. The Balaban J connectivity index is 2.03. The highest BCUT2D eigenvalue weighted by Gasteiger charge is 2.26. The van der Waals surface area contributed by atoms with Crippen LogP contribution < -0.4 is 4.74 Å². The summed E-state index contributed by atoms with van der Waals surface area (Å²) in [5.74, 6) is -0.552.